The molecule has 0 aliphatic heterocycles. The topological polar surface area (TPSA) is 42.2 Å². The summed E-state index contributed by atoms with van der Waals surface area (Å²) in [5.74, 6) is 1.27. The summed E-state index contributed by atoms with van der Waals surface area (Å²) < 4.78 is 11.1. The average molecular weight is 322 g/mol. The van der Waals surface area contributed by atoms with Crippen LogP contribution in [0, 0.1) is 11.3 Å². The van der Waals surface area contributed by atoms with E-state index in [0.29, 0.717) is 35.4 Å². The minimum Gasteiger partial charge on any atom is -0.490 e. The molecule has 0 unspecified atom stereocenters. The summed E-state index contributed by atoms with van der Waals surface area (Å²) in [6.45, 7) is 0.750. The van der Waals surface area contributed by atoms with Crippen molar-refractivity contribution in [2.24, 2.45) is 0 Å². The lowest BCUT2D eigenvalue weighted by Gasteiger charge is -2.10. The summed E-state index contributed by atoms with van der Waals surface area (Å²) in [4.78, 5) is 0. The maximum Gasteiger partial charge on any atom is 0.139 e. The molecule has 108 valence electrons. The molecule has 0 spiro atoms. The molecule has 0 radical (unpaired) electrons. The van der Waals surface area contributed by atoms with E-state index in [-0.39, 0.29) is 0 Å². The van der Waals surface area contributed by atoms with Crippen LogP contribution in [0.15, 0.2) is 42.5 Å². The minimum absolute atomic E-state index is 0.361. The van der Waals surface area contributed by atoms with Crippen LogP contribution < -0.4 is 9.47 Å². The molecule has 0 bridgehead atoms. The molecule has 0 heterocycles. The van der Waals surface area contributed by atoms with Gasteiger partial charge in [-0.1, -0.05) is 41.4 Å². The fourth-order valence-corrected chi connectivity index (χ4v) is 2.05. The van der Waals surface area contributed by atoms with Crippen molar-refractivity contribution in [2.75, 3.05) is 13.2 Å². The van der Waals surface area contributed by atoms with E-state index >= 15 is 0 Å². The van der Waals surface area contributed by atoms with Gasteiger partial charge in [0.05, 0.1) is 17.5 Å². The molecule has 21 heavy (non-hydrogen) atoms. The molecule has 0 atom stereocenters. The van der Waals surface area contributed by atoms with E-state index in [2.05, 4.69) is 6.07 Å². The standard InChI is InChI=1S/C16H13Cl2NO2/c17-14-2-1-3-15(16(14)18)21-11-10-20-13-6-4-12(5-7-13)8-9-19/h1-7H,8,10-11H2. The molecular formula is C16H13Cl2NO2. The Kier molecular flexibility index (Phi) is 5.74. The van der Waals surface area contributed by atoms with Crippen LogP contribution in [0.3, 0.4) is 0 Å². The summed E-state index contributed by atoms with van der Waals surface area (Å²) in [7, 11) is 0. The molecule has 2 rings (SSSR count). The Bertz CT molecular complexity index is 636. The molecule has 0 aliphatic rings. The van der Waals surface area contributed by atoms with Gasteiger partial charge in [0.2, 0.25) is 0 Å². The smallest absolute Gasteiger partial charge is 0.139 e. The largest absolute Gasteiger partial charge is 0.490 e. The van der Waals surface area contributed by atoms with Crippen molar-refractivity contribution < 1.29 is 9.47 Å². The number of nitriles is 1. The zero-order valence-electron chi connectivity index (χ0n) is 11.2. The molecule has 0 aliphatic carbocycles. The van der Waals surface area contributed by atoms with Gasteiger partial charge in [0, 0.05) is 0 Å². The van der Waals surface area contributed by atoms with Crippen LogP contribution in [0.1, 0.15) is 5.56 Å². The molecule has 0 amide bonds. The first-order chi connectivity index (χ1) is 10.2. The van der Waals surface area contributed by atoms with Crippen molar-refractivity contribution in [2.45, 2.75) is 6.42 Å². The maximum atomic E-state index is 8.59. The molecule has 0 aromatic heterocycles. The number of nitrogens with zero attached hydrogens (tertiary/aromatic N) is 1. The molecule has 0 fully saturated rings. The summed E-state index contributed by atoms with van der Waals surface area (Å²) >= 11 is 11.9. The Balaban J connectivity index is 1.79. The highest BCUT2D eigenvalue weighted by atomic mass is 35.5. The van der Waals surface area contributed by atoms with Crippen LogP contribution >= 0.6 is 23.2 Å². The molecular weight excluding hydrogens is 309 g/mol. The number of hydrogen-bond donors (Lipinski definition) is 0. The van der Waals surface area contributed by atoms with Crippen molar-refractivity contribution in [1.29, 1.82) is 5.26 Å². The normalized spacial score (nSPS) is 9.95. The average Bonchev–Trinajstić information content (AvgIpc) is 2.50. The second-order valence-corrected chi connectivity index (χ2v) is 5.01. The molecule has 0 saturated carbocycles. The van der Waals surface area contributed by atoms with Crippen molar-refractivity contribution in [3.63, 3.8) is 0 Å². The van der Waals surface area contributed by atoms with E-state index in [1.807, 2.05) is 24.3 Å². The van der Waals surface area contributed by atoms with Crippen LogP contribution in [-0.2, 0) is 6.42 Å². The second-order valence-electron chi connectivity index (χ2n) is 4.23. The van der Waals surface area contributed by atoms with Crippen LogP contribution in [0.2, 0.25) is 10.0 Å². The lowest BCUT2D eigenvalue weighted by atomic mass is 10.2. The third-order valence-corrected chi connectivity index (χ3v) is 3.53. The molecule has 0 N–H and O–H groups in total. The van der Waals surface area contributed by atoms with Crippen molar-refractivity contribution in [3.8, 4) is 17.6 Å². The lowest BCUT2D eigenvalue weighted by molar-refractivity contribution is 0.217. The van der Waals surface area contributed by atoms with Crippen LogP contribution in [-0.4, -0.2) is 13.2 Å². The highest BCUT2D eigenvalue weighted by Gasteiger charge is 2.05. The number of ether oxygens (including phenoxy) is 2. The van der Waals surface area contributed by atoms with Gasteiger partial charge in [0.1, 0.15) is 29.7 Å². The quantitative estimate of drug-likeness (QED) is 0.735. The van der Waals surface area contributed by atoms with Crippen molar-refractivity contribution in [3.05, 3.63) is 58.1 Å². The van der Waals surface area contributed by atoms with Gasteiger partial charge in [-0.05, 0) is 29.8 Å². The number of halogens is 2. The second kappa shape index (κ2) is 7.78. The van der Waals surface area contributed by atoms with Gasteiger partial charge in [-0.2, -0.15) is 5.26 Å². The Morgan fingerprint density at radius 3 is 2.38 bits per heavy atom. The third kappa shape index (κ3) is 4.56. The van der Waals surface area contributed by atoms with E-state index in [1.165, 1.54) is 0 Å². The van der Waals surface area contributed by atoms with Crippen molar-refractivity contribution >= 4 is 23.2 Å². The van der Waals surface area contributed by atoms with Gasteiger partial charge in [0.15, 0.2) is 0 Å². The number of rotatable bonds is 6. The molecule has 0 saturated heterocycles. The predicted molar refractivity (Wildman–Crippen MR) is 83.2 cm³/mol. The van der Waals surface area contributed by atoms with Crippen molar-refractivity contribution in [1.82, 2.24) is 0 Å². The van der Waals surface area contributed by atoms with Gasteiger partial charge in [-0.3, -0.25) is 0 Å². The summed E-state index contributed by atoms with van der Waals surface area (Å²) in [6, 6.07) is 14.7. The van der Waals surface area contributed by atoms with E-state index in [4.69, 9.17) is 37.9 Å². The zero-order valence-corrected chi connectivity index (χ0v) is 12.7. The third-order valence-electron chi connectivity index (χ3n) is 2.73. The fourth-order valence-electron chi connectivity index (χ4n) is 1.70. The first-order valence-electron chi connectivity index (χ1n) is 6.36. The van der Waals surface area contributed by atoms with Crippen LogP contribution in [0.5, 0.6) is 11.5 Å². The zero-order chi connectivity index (χ0) is 15.1. The predicted octanol–water partition coefficient (Wildman–Crippen LogP) is 4.52. The van der Waals surface area contributed by atoms with Gasteiger partial charge in [0.25, 0.3) is 0 Å². The van der Waals surface area contributed by atoms with Gasteiger partial charge >= 0.3 is 0 Å². The molecule has 3 nitrogen and oxygen atoms in total. The monoisotopic (exact) mass is 321 g/mol. The summed E-state index contributed by atoms with van der Waals surface area (Å²) in [6.07, 6.45) is 0.399. The maximum absolute atomic E-state index is 8.59. The Morgan fingerprint density at radius 2 is 1.67 bits per heavy atom. The van der Waals surface area contributed by atoms with E-state index < -0.39 is 0 Å². The Labute approximate surface area is 133 Å². The Morgan fingerprint density at radius 1 is 0.952 bits per heavy atom. The lowest BCUT2D eigenvalue weighted by Crippen LogP contribution is -2.09. The number of hydrogen-bond acceptors (Lipinski definition) is 3. The van der Waals surface area contributed by atoms with Crippen LogP contribution in [0.4, 0.5) is 0 Å². The van der Waals surface area contributed by atoms with Gasteiger partial charge in [-0.15, -0.1) is 0 Å². The SMILES string of the molecule is N#CCc1ccc(OCCOc2cccc(Cl)c2Cl)cc1. The van der Waals surface area contributed by atoms with E-state index in [1.54, 1.807) is 18.2 Å². The first kappa shape index (κ1) is 15.5. The van der Waals surface area contributed by atoms with Gasteiger partial charge in [-0.25, -0.2) is 0 Å². The fraction of sp³-hybridized carbons (Fsp3) is 0.188. The van der Waals surface area contributed by atoms with E-state index in [0.717, 1.165) is 11.3 Å². The Hall–Kier alpha value is -1.89. The molecule has 5 heteroatoms. The minimum atomic E-state index is 0.361. The van der Waals surface area contributed by atoms with Gasteiger partial charge < -0.3 is 9.47 Å². The first-order valence-corrected chi connectivity index (χ1v) is 7.12. The highest BCUT2D eigenvalue weighted by Crippen LogP contribution is 2.31. The highest BCUT2D eigenvalue weighted by molar-refractivity contribution is 6.42. The molecule has 2 aromatic carbocycles. The van der Waals surface area contributed by atoms with E-state index in [9.17, 15) is 0 Å². The summed E-state index contributed by atoms with van der Waals surface area (Å²) in [5, 5.41) is 9.46. The molecule has 2 aromatic rings. The number of benzene rings is 2. The summed E-state index contributed by atoms with van der Waals surface area (Å²) in [5.41, 5.74) is 0.965. The van der Waals surface area contributed by atoms with Crippen LogP contribution in [0.25, 0.3) is 0 Å².